The minimum atomic E-state index is -3.24. The lowest BCUT2D eigenvalue weighted by Gasteiger charge is -2.20. The van der Waals surface area contributed by atoms with Crippen molar-refractivity contribution in [3.63, 3.8) is 0 Å². The molecule has 1 N–H and O–H groups in total. The maximum Gasteiger partial charge on any atom is 0.251 e. The topological polar surface area (TPSA) is 66.5 Å². The zero-order valence-corrected chi connectivity index (χ0v) is 15.4. The number of nitrogens with one attached hydrogen (secondary N) is 1. The van der Waals surface area contributed by atoms with E-state index < -0.39 is 10.0 Å². The van der Waals surface area contributed by atoms with Gasteiger partial charge in [0.15, 0.2) is 0 Å². The van der Waals surface area contributed by atoms with Crippen LogP contribution in [0.5, 0.6) is 0 Å². The molecule has 0 aliphatic carbocycles. The zero-order chi connectivity index (χ0) is 17.5. The predicted octanol–water partition coefficient (Wildman–Crippen LogP) is 2.49. The first-order chi connectivity index (χ1) is 10.8. The van der Waals surface area contributed by atoms with Crippen LogP contribution < -0.4 is 5.32 Å². The van der Waals surface area contributed by atoms with Crippen molar-refractivity contribution in [2.45, 2.75) is 40.0 Å². The highest BCUT2D eigenvalue weighted by Gasteiger charge is 2.16. The lowest BCUT2D eigenvalue weighted by Crippen LogP contribution is -2.38. The smallest absolute Gasteiger partial charge is 0.251 e. The molecule has 1 rings (SSSR count). The maximum absolute atomic E-state index is 12.1. The summed E-state index contributed by atoms with van der Waals surface area (Å²) in [6.45, 7) is 7.16. The van der Waals surface area contributed by atoms with Gasteiger partial charge in [0.2, 0.25) is 10.0 Å². The second kappa shape index (κ2) is 9.03. The van der Waals surface area contributed by atoms with Crippen LogP contribution in [-0.2, 0) is 10.0 Å². The molecule has 130 valence electrons. The van der Waals surface area contributed by atoms with Crippen molar-refractivity contribution >= 4 is 15.9 Å². The molecule has 5 nitrogen and oxygen atoms in total. The van der Waals surface area contributed by atoms with E-state index in [-0.39, 0.29) is 5.91 Å². The Labute approximate surface area is 140 Å². The molecule has 0 saturated heterocycles. The first kappa shape index (κ1) is 19.6. The fraction of sp³-hybridized carbons (Fsp3) is 0.588. The standard InChI is InChI=1S/C17H28N2O3S/c1-5-6-7-11-19(23(4,21)22)12-10-18-17(20)16-9-8-14(2)15(3)13-16/h8-9,13H,5-7,10-12H2,1-4H3,(H,18,20). The maximum atomic E-state index is 12.1. The van der Waals surface area contributed by atoms with Crippen LogP contribution in [0, 0.1) is 13.8 Å². The minimum Gasteiger partial charge on any atom is -0.351 e. The zero-order valence-electron chi connectivity index (χ0n) is 14.6. The summed E-state index contributed by atoms with van der Waals surface area (Å²) in [6, 6.07) is 5.55. The summed E-state index contributed by atoms with van der Waals surface area (Å²) in [4.78, 5) is 12.1. The third kappa shape index (κ3) is 6.71. The average Bonchev–Trinajstić information content (AvgIpc) is 2.47. The highest BCUT2D eigenvalue weighted by Crippen LogP contribution is 2.09. The van der Waals surface area contributed by atoms with E-state index in [1.165, 1.54) is 10.6 Å². The Morgan fingerprint density at radius 2 is 1.83 bits per heavy atom. The summed E-state index contributed by atoms with van der Waals surface area (Å²) >= 11 is 0. The highest BCUT2D eigenvalue weighted by molar-refractivity contribution is 7.88. The monoisotopic (exact) mass is 340 g/mol. The van der Waals surface area contributed by atoms with Gasteiger partial charge >= 0.3 is 0 Å². The molecule has 0 atom stereocenters. The van der Waals surface area contributed by atoms with Gasteiger partial charge < -0.3 is 5.32 Å². The number of sulfonamides is 1. The number of aryl methyl sites for hydroxylation is 2. The van der Waals surface area contributed by atoms with Gasteiger partial charge in [-0.3, -0.25) is 4.79 Å². The van der Waals surface area contributed by atoms with Crippen LogP contribution in [-0.4, -0.2) is 44.5 Å². The second-order valence-corrected chi connectivity index (χ2v) is 7.91. The molecule has 0 aliphatic rings. The fourth-order valence-electron chi connectivity index (χ4n) is 2.26. The van der Waals surface area contributed by atoms with Crippen LogP contribution >= 0.6 is 0 Å². The van der Waals surface area contributed by atoms with Crippen LogP contribution in [0.1, 0.15) is 47.7 Å². The molecule has 0 bridgehead atoms. The first-order valence-electron chi connectivity index (χ1n) is 8.06. The number of amides is 1. The Balaban J connectivity index is 2.54. The second-order valence-electron chi connectivity index (χ2n) is 5.92. The van der Waals surface area contributed by atoms with Crippen molar-refractivity contribution in [2.75, 3.05) is 25.9 Å². The van der Waals surface area contributed by atoms with Gasteiger partial charge in [-0.25, -0.2) is 12.7 Å². The van der Waals surface area contributed by atoms with E-state index in [0.717, 1.165) is 30.4 Å². The quantitative estimate of drug-likeness (QED) is 0.702. The fourth-order valence-corrected chi connectivity index (χ4v) is 3.14. The highest BCUT2D eigenvalue weighted by atomic mass is 32.2. The molecule has 0 unspecified atom stereocenters. The molecule has 0 aromatic heterocycles. The summed E-state index contributed by atoms with van der Waals surface area (Å²) in [6.07, 6.45) is 4.10. The SMILES string of the molecule is CCCCCN(CCNC(=O)c1ccc(C)c(C)c1)S(C)(=O)=O. The molecule has 0 saturated carbocycles. The molecule has 0 radical (unpaired) electrons. The van der Waals surface area contributed by atoms with E-state index >= 15 is 0 Å². The number of unbranched alkanes of at least 4 members (excludes halogenated alkanes) is 2. The van der Waals surface area contributed by atoms with Crippen LogP contribution in [0.3, 0.4) is 0 Å². The molecule has 23 heavy (non-hydrogen) atoms. The van der Waals surface area contributed by atoms with E-state index in [2.05, 4.69) is 12.2 Å². The van der Waals surface area contributed by atoms with Gasteiger partial charge in [-0.2, -0.15) is 0 Å². The number of carbonyl (C=O) groups is 1. The third-order valence-electron chi connectivity index (χ3n) is 3.90. The average molecular weight is 340 g/mol. The summed E-state index contributed by atoms with van der Waals surface area (Å²) in [5.41, 5.74) is 2.81. The normalized spacial score (nSPS) is 11.7. The number of hydrogen-bond donors (Lipinski definition) is 1. The van der Waals surface area contributed by atoms with Crippen LogP contribution in [0.25, 0.3) is 0 Å². The van der Waals surface area contributed by atoms with E-state index in [4.69, 9.17) is 0 Å². The van der Waals surface area contributed by atoms with Gasteiger partial charge in [0.05, 0.1) is 6.26 Å². The lowest BCUT2D eigenvalue weighted by atomic mass is 10.1. The lowest BCUT2D eigenvalue weighted by molar-refractivity contribution is 0.0951. The van der Waals surface area contributed by atoms with Gasteiger partial charge in [0.1, 0.15) is 0 Å². The van der Waals surface area contributed by atoms with E-state index in [1.807, 2.05) is 26.0 Å². The van der Waals surface area contributed by atoms with Gasteiger partial charge in [0, 0.05) is 25.2 Å². The van der Waals surface area contributed by atoms with Crippen molar-refractivity contribution in [2.24, 2.45) is 0 Å². The Kier molecular flexibility index (Phi) is 7.72. The summed E-state index contributed by atoms with van der Waals surface area (Å²) in [5.74, 6) is -0.171. The van der Waals surface area contributed by atoms with Crippen LogP contribution in [0.2, 0.25) is 0 Å². The van der Waals surface area contributed by atoms with Crippen molar-refractivity contribution in [1.29, 1.82) is 0 Å². The minimum absolute atomic E-state index is 0.171. The molecule has 1 aromatic carbocycles. The van der Waals surface area contributed by atoms with Crippen molar-refractivity contribution in [1.82, 2.24) is 9.62 Å². The molecule has 1 amide bonds. The third-order valence-corrected chi connectivity index (χ3v) is 5.20. The summed E-state index contributed by atoms with van der Waals surface area (Å²) < 4.78 is 25.0. The molecule has 0 spiro atoms. The molecule has 6 heteroatoms. The number of benzene rings is 1. The van der Waals surface area contributed by atoms with E-state index in [1.54, 1.807) is 6.07 Å². The van der Waals surface area contributed by atoms with E-state index in [9.17, 15) is 13.2 Å². The predicted molar refractivity (Wildman–Crippen MR) is 94.2 cm³/mol. The molecular formula is C17H28N2O3S. The molecule has 0 aliphatic heterocycles. The molecule has 0 fully saturated rings. The summed E-state index contributed by atoms with van der Waals surface area (Å²) in [5, 5.41) is 2.79. The molecular weight excluding hydrogens is 312 g/mol. The number of carbonyl (C=O) groups excluding carboxylic acids is 1. The first-order valence-corrected chi connectivity index (χ1v) is 9.91. The summed E-state index contributed by atoms with van der Waals surface area (Å²) in [7, 11) is -3.24. The van der Waals surface area contributed by atoms with Gasteiger partial charge in [-0.15, -0.1) is 0 Å². The Hall–Kier alpha value is -1.40. The van der Waals surface area contributed by atoms with Gasteiger partial charge in [-0.05, 0) is 43.5 Å². The number of rotatable bonds is 9. The van der Waals surface area contributed by atoms with Gasteiger partial charge in [0.25, 0.3) is 5.91 Å². The Morgan fingerprint density at radius 1 is 1.13 bits per heavy atom. The Bertz CT molecular complexity index is 627. The Morgan fingerprint density at radius 3 is 2.39 bits per heavy atom. The molecule has 1 aromatic rings. The van der Waals surface area contributed by atoms with Gasteiger partial charge in [-0.1, -0.05) is 25.8 Å². The number of nitrogens with zero attached hydrogens (tertiary/aromatic N) is 1. The van der Waals surface area contributed by atoms with Crippen molar-refractivity contribution in [3.8, 4) is 0 Å². The molecule has 0 heterocycles. The van der Waals surface area contributed by atoms with Crippen molar-refractivity contribution < 1.29 is 13.2 Å². The van der Waals surface area contributed by atoms with Crippen molar-refractivity contribution in [3.05, 3.63) is 34.9 Å². The van der Waals surface area contributed by atoms with E-state index in [0.29, 0.717) is 25.2 Å². The largest absolute Gasteiger partial charge is 0.351 e. The van der Waals surface area contributed by atoms with Crippen LogP contribution in [0.15, 0.2) is 18.2 Å². The number of hydrogen-bond acceptors (Lipinski definition) is 3. The van der Waals surface area contributed by atoms with Crippen LogP contribution in [0.4, 0.5) is 0 Å².